The molecule has 0 saturated carbocycles. The summed E-state index contributed by atoms with van der Waals surface area (Å²) >= 11 is 0. The van der Waals surface area contributed by atoms with Crippen LogP contribution in [0.25, 0.3) is 0 Å². The predicted octanol–water partition coefficient (Wildman–Crippen LogP) is 3.09. The first kappa shape index (κ1) is 27.9. The summed E-state index contributed by atoms with van der Waals surface area (Å²) in [6.45, 7) is 18.4. The number of hydrogen-bond acceptors (Lipinski definition) is 4. The molecule has 1 rings (SSSR count). The van der Waals surface area contributed by atoms with Gasteiger partial charge in [0.25, 0.3) is 5.91 Å². The first-order valence-corrected chi connectivity index (χ1v) is 11.9. The Labute approximate surface area is 193 Å². The van der Waals surface area contributed by atoms with Crippen molar-refractivity contribution in [1.82, 2.24) is 15.5 Å². The van der Waals surface area contributed by atoms with Gasteiger partial charge in [-0.3, -0.25) is 19.2 Å². The standard InChI is InChI=1S/C25H43N3O4/c1-9-11-12-19(21(29)23(31)26-13-10-2)27-22(30)20-14-18(16(3)4)15-28(20)24(32)17(5)25(6,7)8/h10,16-20H,2,9,11-15H2,1,3-8H3,(H,26,31)(H,27,30)/t17-,18-,19?,20+/m1/s1. The first-order chi connectivity index (χ1) is 14.8. The number of hydrogen-bond donors (Lipinski definition) is 2. The van der Waals surface area contributed by atoms with Crippen LogP contribution in [0.2, 0.25) is 0 Å². The zero-order valence-electron chi connectivity index (χ0n) is 21.0. The van der Waals surface area contributed by atoms with Crippen LogP contribution in [0.3, 0.4) is 0 Å². The number of ketones is 1. The predicted molar refractivity (Wildman–Crippen MR) is 127 cm³/mol. The number of carbonyl (C=O) groups is 4. The van der Waals surface area contributed by atoms with E-state index in [1.54, 1.807) is 4.90 Å². The summed E-state index contributed by atoms with van der Waals surface area (Å²) in [5.41, 5.74) is -0.225. The Morgan fingerprint density at radius 3 is 2.28 bits per heavy atom. The molecule has 1 aliphatic heterocycles. The van der Waals surface area contributed by atoms with Crippen molar-refractivity contribution < 1.29 is 19.2 Å². The van der Waals surface area contributed by atoms with E-state index in [1.807, 2.05) is 34.6 Å². The Morgan fingerprint density at radius 2 is 1.78 bits per heavy atom. The van der Waals surface area contributed by atoms with Crippen LogP contribution in [-0.2, 0) is 19.2 Å². The first-order valence-electron chi connectivity index (χ1n) is 11.9. The second-order valence-corrected chi connectivity index (χ2v) is 10.4. The molecule has 1 heterocycles. The van der Waals surface area contributed by atoms with E-state index in [0.717, 1.165) is 6.42 Å². The highest BCUT2D eigenvalue weighted by Crippen LogP contribution is 2.34. The third kappa shape index (κ3) is 7.45. The van der Waals surface area contributed by atoms with Gasteiger partial charge < -0.3 is 15.5 Å². The van der Waals surface area contributed by atoms with Crippen molar-refractivity contribution >= 4 is 23.5 Å². The number of carbonyl (C=O) groups excluding carboxylic acids is 4. The molecule has 2 N–H and O–H groups in total. The molecule has 32 heavy (non-hydrogen) atoms. The monoisotopic (exact) mass is 449 g/mol. The average Bonchev–Trinajstić information content (AvgIpc) is 3.18. The van der Waals surface area contributed by atoms with E-state index in [2.05, 4.69) is 31.1 Å². The van der Waals surface area contributed by atoms with E-state index in [1.165, 1.54) is 6.08 Å². The lowest BCUT2D eigenvalue weighted by atomic mass is 9.81. The molecule has 0 aliphatic carbocycles. The topological polar surface area (TPSA) is 95.6 Å². The van der Waals surface area contributed by atoms with Gasteiger partial charge in [-0.05, 0) is 30.1 Å². The molecule has 1 saturated heterocycles. The van der Waals surface area contributed by atoms with E-state index < -0.39 is 23.8 Å². The molecule has 0 aromatic heterocycles. The van der Waals surface area contributed by atoms with Crippen molar-refractivity contribution in [2.45, 2.75) is 86.2 Å². The van der Waals surface area contributed by atoms with Gasteiger partial charge in [-0.1, -0.05) is 67.4 Å². The molecule has 7 heteroatoms. The lowest BCUT2D eigenvalue weighted by molar-refractivity contribution is -0.145. The molecule has 0 aromatic carbocycles. The van der Waals surface area contributed by atoms with Crippen LogP contribution in [0.4, 0.5) is 0 Å². The van der Waals surface area contributed by atoms with Crippen LogP contribution in [0.5, 0.6) is 0 Å². The Morgan fingerprint density at radius 1 is 1.16 bits per heavy atom. The fraction of sp³-hybridized carbons (Fsp3) is 0.760. The summed E-state index contributed by atoms with van der Waals surface area (Å²) in [7, 11) is 0. The zero-order chi connectivity index (χ0) is 24.6. The third-order valence-corrected chi connectivity index (χ3v) is 6.64. The highest BCUT2D eigenvalue weighted by Gasteiger charge is 2.44. The summed E-state index contributed by atoms with van der Waals surface area (Å²) in [5, 5.41) is 5.29. The molecule has 0 bridgehead atoms. The normalized spacial score (nSPS) is 20.6. The molecule has 0 radical (unpaired) electrons. The van der Waals surface area contributed by atoms with Crippen molar-refractivity contribution in [3.63, 3.8) is 0 Å². The van der Waals surface area contributed by atoms with E-state index >= 15 is 0 Å². The van der Waals surface area contributed by atoms with Crippen LogP contribution in [0.15, 0.2) is 12.7 Å². The molecule has 0 spiro atoms. The molecule has 0 aromatic rings. The zero-order valence-corrected chi connectivity index (χ0v) is 21.0. The summed E-state index contributed by atoms with van der Waals surface area (Å²) in [5.74, 6) is -1.49. The van der Waals surface area contributed by atoms with Gasteiger partial charge in [0.15, 0.2) is 0 Å². The summed E-state index contributed by atoms with van der Waals surface area (Å²) in [6, 6.07) is -1.53. The minimum Gasteiger partial charge on any atom is -0.346 e. The third-order valence-electron chi connectivity index (χ3n) is 6.64. The van der Waals surface area contributed by atoms with Gasteiger partial charge in [-0.25, -0.2) is 0 Å². The number of likely N-dealkylation sites (tertiary alicyclic amines) is 1. The molecule has 1 fully saturated rings. The maximum atomic E-state index is 13.3. The SMILES string of the molecule is C=CCNC(=O)C(=O)C(CCCC)NC(=O)[C@@H]1C[C@@H](C(C)C)CN1C(=O)[C@@H](C)C(C)(C)C. The van der Waals surface area contributed by atoms with E-state index in [9.17, 15) is 19.2 Å². The second kappa shape index (κ2) is 12.2. The number of Topliss-reactive ketones (excluding diaryl/α,β-unsaturated/α-hetero) is 1. The maximum absolute atomic E-state index is 13.3. The highest BCUT2D eigenvalue weighted by atomic mass is 16.2. The lowest BCUT2D eigenvalue weighted by Gasteiger charge is -2.33. The van der Waals surface area contributed by atoms with Crippen LogP contribution in [0, 0.1) is 23.2 Å². The molecular formula is C25H43N3O4. The Balaban J connectivity index is 3.08. The van der Waals surface area contributed by atoms with Gasteiger partial charge in [0.2, 0.25) is 17.6 Å². The molecule has 1 aliphatic rings. The van der Waals surface area contributed by atoms with Gasteiger partial charge in [-0.15, -0.1) is 6.58 Å². The quantitative estimate of drug-likeness (QED) is 0.374. The molecule has 182 valence electrons. The fourth-order valence-corrected chi connectivity index (χ4v) is 3.82. The Kier molecular flexibility index (Phi) is 10.6. The van der Waals surface area contributed by atoms with Crippen molar-refractivity contribution in [1.29, 1.82) is 0 Å². The van der Waals surface area contributed by atoms with E-state index in [-0.39, 0.29) is 35.6 Å². The van der Waals surface area contributed by atoms with Crippen molar-refractivity contribution in [3.8, 4) is 0 Å². The molecule has 1 unspecified atom stereocenters. The smallest absolute Gasteiger partial charge is 0.289 e. The van der Waals surface area contributed by atoms with E-state index in [0.29, 0.717) is 31.7 Å². The fourth-order valence-electron chi connectivity index (χ4n) is 3.82. The van der Waals surface area contributed by atoms with E-state index in [4.69, 9.17) is 0 Å². The van der Waals surface area contributed by atoms with Gasteiger partial charge in [-0.2, -0.15) is 0 Å². The van der Waals surface area contributed by atoms with Gasteiger partial charge in [0.05, 0.1) is 6.04 Å². The highest BCUT2D eigenvalue weighted by molar-refractivity contribution is 6.38. The summed E-state index contributed by atoms with van der Waals surface area (Å²) < 4.78 is 0. The minimum atomic E-state index is -0.901. The number of rotatable bonds is 11. The molecule has 7 nitrogen and oxygen atoms in total. The Bertz CT molecular complexity index is 696. The Hall–Kier alpha value is -2.18. The summed E-state index contributed by atoms with van der Waals surface area (Å²) in [4.78, 5) is 53.2. The van der Waals surface area contributed by atoms with Crippen molar-refractivity contribution in [3.05, 3.63) is 12.7 Å². The average molecular weight is 450 g/mol. The lowest BCUT2D eigenvalue weighted by Crippen LogP contribution is -2.54. The number of amides is 3. The van der Waals surface area contributed by atoms with Crippen LogP contribution < -0.4 is 10.6 Å². The number of unbranched alkanes of at least 4 members (excludes halogenated alkanes) is 1. The molecule has 3 amide bonds. The van der Waals surface area contributed by atoms with Crippen LogP contribution >= 0.6 is 0 Å². The minimum absolute atomic E-state index is 0.0408. The second-order valence-electron chi connectivity index (χ2n) is 10.4. The summed E-state index contributed by atoms with van der Waals surface area (Å²) in [6.07, 6.45) is 3.98. The van der Waals surface area contributed by atoms with Crippen molar-refractivity contribution in [2.24, 2.45) is 23.2 Å². The van der Waals surface area contributed by atoms with Crippen LogP contribution in [0.1, 0.15) is 74.1 Å². The van der Waals surface area contributed by atoms with Crippen molar-refractivity contribution in [2.75, 3.05) is 13.1 Å². The largest absolute Gasteiger partial charge is 0.346 e. The molecular weight excluding hydrogens is 406 g/mol. The molecule has 4 atom stereocenters. The number of nitrogens with one attached hydrogen (secondary N) is 2. The maximum Gasteiger partial charge on any atom is 0.289 e. The number of nitrogens with zero attached hydrogens (tertiary/aromatic N) is 1. The van der Waals surface area contributed by atoms with Gasteiger partial charge in [0.1, 0.15) is 6.04 Å². The van der Waals surface area contributed by atoms with Gasteiger partial charge in [0, 0.05) is 19.0 Å². The van der Waals surface area contributed by atoms with Gasteiger partial charge >= 0.3 is 0 Å². The van der Waals surface area contributed by atoms with Crippen LogP contribution in [-0.4, -0.2) is 53.6 Å².